The third-order valence-electron chi connectivity index (χ3n) is 4.45. The topological polar surface area (TPSA) is 73.0 Å². The maximum absolute atomic E-state index is 13.0. The number of hydrogen-bond donors (Lipinski definition) is 1. The molecule has 0 radical (unpaired) electrons. The molecule has 4 rings (SSSR count). The lowest BCUT2D eigenvalue weighted by atomic mass is 10.1. The van der Waals surface area contributed by atoms with Crippen molar-refractivity contribution < 1.29 is 26.9 Å². The number of hydrogen-bond acceptors (Lipinski definition) is 4. The molecule has 0 spiro atoms. The summed E-state index contributed by atoms with van der Waals surface area (Å²) in [5.41, 5.74) is 2.27. The van der Waals surface area contributed by atoms with Gasteiger partial charge in [0.25, 0.3) is 0 Å². The zero-order chi connectivity index (χ0) is 21.5. The van der Waals surface area contributed by atoms with Crippen LogP contribution >= 0.6 is 0 Å². The summed E-state index contributed by atoms with van der Waals surface area (Å²) in [6.07, 6.45) is -2.97. The van der Waals surface area contributed by atoms with Crippen LogP contribution in [0.25, 0.3) is 22.3 Å². The van der Waals surface area contributed by atoms with Crippen LogP contribution in [0.2, 0.25) is 0 Å². The van der Waals surface area contributed by atoms with E-state index >= 15 is 0 Å². The Morgan fingerprint density at radius 2 is 1.90 bits per heavy atom. The monoisotopic (exact) mass is 418 g/mol. The predicted octanol–water partition coefficient (Wildman–Crippen LogP) is 4.80. The summed E-state index contributed by atoms with van der Waals surface area (Å²) in [5.74, 6) is -2.39. The number of benzene rings is 2. The van der Waals surface area contributed by atoms with Gasteiger partial charge in [0.1, 0.15) is 12.4 Å². The number of nitrogens with one attached hydrogen (secondary N) is 1. The summed E-state index contributed by atoms with van der Waals surface area (Å²) in [7, 11) is 0. The second kappa shape index (κ2) is 7.29. The zero-order valence-corrected chi connectivity index (χ0v) is 15.5. The molecule has 0 unspecified atom stereocenters. The molecule has 0 bridgehead atoms. The molecular weight excluding hydrogens is 404 g/mol. The minimum Gasteiger partial charge on any atom is -0.338 e. The highest BCUT2D eigenvalue weighted by molar-refractivity contribution is 5.93. The van der Waals surface area contributed by atoms with E-state index in [4.69, 9.17) is 0 Å². The molecule has 0 aliphatic rings. The van der Waals surface area contributed by atoms with Crippen LogP contribution in [0.4, 0.5) is 23.2 Å². The van der Waals surface area contributed by atoms with E-state index in [0.717, 1.165) is 10.9 Å². The minimum atomic E-state index is -4.73. The number of halogens is 4. The fraction of sp³-hybridized carbons (Fsp3) is 0.150. The van der Waals surface area contributed by atoms with Crippen LogP contribution in [0.5, 0.6) is 0 Å². The third kappa shape index (κ3) is 3.88. The van der Waals surface area contributed by atoms with Crippen LogP contribution < -0.4 is 5.32 Å². The Morgan fingerprint density at radius 1 is 1.17 bits per heavy atom. The first kappa shape index (κ1) is 19.6. The number of amides is 1. The highest BCUT2D eigenvalue weighted by Gasteiger charge is 2.38. The van der Waals surface area contributed by atoms with Crippen molar-refractivity contribution in [3.05, 3.63) is 65.9 Å². The fourth-order valence-electron chi connectivity index (χ4n) is 3.09. The Labute approximate surface area is 167 Å². The number of anilines is 1. The van der Waals surface area contributed by atoms with E-state index in [-0.39, 0.29) is 18.3 Å². The van der Waals surface area contributed by atoms with E-state index in [0.29, 0.717) is 16.8 Å². The summed E-state index contributed by atoms with van der Waals surface area (Å²) < 4.78 is 57.1. The zero-order valence-electron chi connectivity index (χ0n) is 15.5. The molecule has 2 aromatic heterocycles. The SMILES string of the molecule is Cc1cn(CC(=O)Nc2ccc(F)cc2)c2cc(-c3noc(C(F)(F)F)n3)ccc12. The van der Waals surface area contributed by atoms with Gasteiger partial charge in [-0.25, -0.2) is 4.39 Å². The van der Waals surface area contributed by atoms with Crippen LogP contribution in [0.1, 0.15) is 11.5 Å². The Morgan fingerprint density at radius 3 is 2.57 bits per heavy atom. The van der Waals surface area contributed by atoms with Crippen LogP contribution in [-0.2, 0) is 17.5 Å². The molecule has 0 aliphatic carbocycles. The summed E-state index contributed by atoms with van der Waals surface area (Å²) in [6, 6.07) is 10.3. The molecular formula is C20H14F4N4O2. The Kier molecular flexibility index (Phi) is 4.76. The number of rotatable bonds is 4. The van der Waals surface area contributed by atoms with Gasteiger partial charge >= 0.3 is 12.1 Å². The van der Waals surface area contributed by atoms with Crippen LogP contribution in [0.3, 0.4) is 0 Å². The summed E-state index contributed by atoms with van der Waals surface area (Å²) in [4.78, 5) is 15.8. The van der Waals surface area contributed by atoms with Gasteiger partial charge in [0.05, 0.1) is 0 Å². The number of fused-ring (bicyclic) bond motifs is 1. The second-order valence-electron chi connectivity index (χ2n) is 6.65. The molecule has 30 heavy (non-hydrogen) atoms. The lowest BCUT2D eigenvalue weighted by molar-refractivity contribution is -0.159. The van der Waals surface area contributed by atoms with Crippen molar-refractivity contribution in [2.45, 2.75) is 19.6 Å². The van der Waals surface area contributed by atoms with Gasteiger partial charge in [-0.05, 0) is 42.8 Å². The van der Waals surface area contributed by atoms with Gasteiger partial charge in [0, 0.05) is 28.4 Å². The van der Waals surface area contributed by atoms with E-state index < -0.39 is 17.9 Å². The van der Waals surface area contributed by atoms with Crippen molar-refractivity contribution in [1.29, 1.82) is 0 Å². The van der Waals surface area contributed by atoms with E-state index in [9.17, 15) is 22.4 Å². The highest BCUT2D eigenvalue weighted by atomic mass is 19.4. The maximum atomic E-state index is 13.0. The van der Waals surface area contributed by atoms with Crippen LogP contribution in [0, 0.1) is 12.7 Å². The third-order valence-corrected chi connectivity index (χ3v) is 4.45. The smallest absolute Gasteiger partial charge is 0.338 e. The van der Waals surface area contributed by atoms with Crippen LogP contribution in [-0.4, -0.2) is 20.6 Å². The van der Waals surface area contributed by atoms with Gasteiger partial charge in [-0.2, -0.15) is 18.2 Å². The van der Waals surface area contributed by atoms with Gasteiger partial charge < -0.3 is 14.4 Å². The van der Waals surface area contributed by atoms with Crippen molar-refractivity contribution in [3.8, 4) is 11.4 Å². The van der Waals surface area contributed by atoms with Gasteiger partial charge in [0.15, 0.2) is 0 Å². The molecule has 0 saturated carbocycles. The standard InChI is InChI=1S/C20H14F4N4O2/c1-11-9-28(10-17(29)25-14-5-3-13(21)4-6-14)16-8-12(2-7-15(11)16)18-26-19(30-27-18)20(22,23)24/h2-9H,10H2,1H3,(H,25,29). The normalized spacial score (nSPS) is 11.8. The first-order valence-corrected chi connectivity index (χ1v) is 8.77. The van der Waals surface area contributed by atoms with Gasteiger partial charge in [-0.3, -0.25) is 4.79 Å². The van der Waals surface area contributed by atoms with Crippen LogP contribution in [0.15, 0.2) is 53.2 Å². The quantitative estimate of drug-likeness (QED) is 0.484. The first-order valence-electron chi connectivity index (χ1n) is 8.77. The number of carbonyl (C=O) groups excluding carboxylic acids is 1. The number of alkyl halides is 3. The minimum absolute atomic E-state index is 0.0504. The summed E-state index contributed by atoms with van der Waals surface area (Å²) in [6.45, 7) is 1.80. The maximum Gasteiger partial charge on any atom is 0.471 e. The summed E-state index contributed by atoms with van der Waals surface area (Å²) >= 11 is 0. The van der Waals surface area contributed by atoms with E-state index in [1.807, 2.05) is 6.92 Å². The molecule has 2 heterocycles. The molecule has 1 N–H and O–H groups in total. The molecule has 154 valence electrons. The molecule has 0 aliphatic heterocycles. The van der Waals surface area contributed by atoms with Gasteiger partial charge in [-0.15, -0.1) is 0 Å². The number of aryl methyl sites for hydroxylation is 1. The molecule has 2 aromatic carbocycles. The average molecular weight is 418 g/mol. The number of carbonyl (C=O) groups is 1. The van der Waals surface area contributed by atoms with Crippen molar-refractivity contribution in [3.63, 3.8) is 0 Å². The molecule has 0 atom stereocenters. The number of nitrogens with zero attached hydrogens (tertiary/aromatic N) is 3. The van der Waals surface area contributed by atoms with Crippen molar-refractivity contribution in [2.24, 2.45) is 0 Å². The fourth-order valence-corrected chi connectivity index (χ4v) is 3.09. The molecule has 0 fully saturated rings. The second-order valence-corrected chi connectivity index (χ2v) is 6.65. The lowest BCUT2D eigenvalue weighted by Crippen LogP contribution is -2.18. The van der Waals surface area contributed by atoms with E-state index in [1.165, 1.54) is 24.3 Å². The highest BCUT2D eigenvalue weighted by Crippen LogP contribution is 2.31. The summed E-state index contributed by atoms with van der Waals surface area (Å²) in [5, 5.41) is 6.89. The Balaban J connectivity index is 1.62. The Bertz CT molecular complexity index is 1230. The molecule has 6 nitrogen and oxygen atoms in total. The average Bonchev–Trinajstić information content (AvgIpc) is 3.29. The predicted molar refractivity (Wildman–Crippen MR) is 100.0 cm³/mol. The first-order chi connectivity index (χ1) is 14.2. The van der Waals surface area contributed by atoms with Gasteiger partial charge in [0.2, 0.25) is 11.7 Å². The van der Waals surface area contributed by atoms with Crippen molar-refractivity contribution >= 4 is 22.5 Å². The molecule has 10 heteroatoms. The van der Waals surface area contributed by atoms with Crippen molar-refractivity contribution in [2.75, 3.05) is 5.32 Å². The van der Waals surface area contributed by atoms with Gasteiger partial charge in [-0.1, -0.05) is 17.3 Å². The largest absolute Gasteiger partial charge is 0.471 e. The van der Waals surface area contributed by atoms with E-state index in [1.54, 1.807) is 29.0 Å². The lowest BCUT2D eigenvalue weighted by Gasteiger charge is -2.08. The molecule has 1 amide bonds. The molecule has 0 saturated heterocycles. The van der Waals surface area contributed by atoms with E-state index in [2.05, 4.69) is 20.0 Å². The molecule has 4 aromatic rings. The Hall–Kier alpha value is -3.69. The number of aromatic nitrogens is 3. The van der Waals surface area contributed by atoms with Crippen molar-refractivity contribution in [1.82, 2.24) is 14.7 Å².